The van der Waals surface area contributed by atoms with Crippen molar-refractivity contribution in [3.63, 3.8) is 0 Å². The van der Waals surface area contributed by atoms with Crippen molar-refractivity contribution in [3.8, 4) is 0 Å². The van der Waals surface area contributed by atoms with Gasteiger partial charge < -0.3 is 16.2 Å². The van der Waals surface area contributed by atoms with Crippen LogP contribution in [0.25, 0.3) is 0 Å². The minimum atomic E-state index is -0.165. The van der Waals surface area contributed by atoms with Crippen molar-refractivity contribution >= 4 is 23.1 Å². The van der Waals surface area contributed by atoms with E-state index in [9.17, 15) is 5.11 Å². The van der Waals surface area contributed by atoms with E-state index < -0.39 is 0 Å². The van der Waals surface area contributed by atoms with Crippen LogP contribution in [-0.2, 0) is 0 Å². The number of nitrogen functional groups attached to an aromatic ring is 1. The van der Waals surface area contributed by atoms with E-state index >= 15 is 0 Å². The number of aliphatic hydroxyl groups excluding tert-OH is 1. The molecule has 94 valence electrons. The van der Waals surface area contributed by atoms with Crippen LogP contribution in [0.4, 0.5) is 11.5 Å². The van der Waals surface area contributed by atoms with E-state index in [1.165, 1.54) is 6.33 Å². The van der Waals surface area contributed by atoms with Gasteiger partial charge in [0.2, 0.25) is 0 Å². The summed E-state index contributed by atoms with van der Waals surface area (Å²) >= 11 is 5.80. The first kappa shape index (κ1) is 12.4. The molecule has 1 saturated carbocycles. The molecular weight excluding hydrogens is 240 g/mol. The molecule has 0 saturated heterocycles. The number of halogens is 1. The van der Waals surface area contributed by atoms with Gasteiger partial charge in [-0.15, -0.1) is 0 Å². The SMILES string of the molecule is Nc1c(Cl)ncnc1NCC1CCCC(O)C1. The van der Waals surface area contributed by atoms with Gasteiger partial charge in [0.15, 0.2) is 11.0 Å². The van der Waals surface area contributed by atoms with E-state index in [1.807, 2.05) is 0 Å². The quantitative estimate of drug-likeness (QED) is 0.717. The van der Waals surface area contributed by atoms with Crippen LogP contribution >= 0.6 is 11.6 Å². The number of nitrogens with one attached hydrogen (secondary N) is 1. The van der Waals surface area contributed by atoms with Crippen LogP contribution in [-0.4, -0.2) is 27.7 Å². The van der Waals surface area contributed by atoms with Crippen molar-refractivity contribution in [2.24, 2.45) is 5.92 Å². The summed E-state index contributed by atoms with van der Waals surface area (Å²) in [4.78, 5) is 7.84. The molecule has 0 radical (unpaired) electrons. The molecule has 6 heteroatoms. The number of rotatable bonds is 3. The second-order valence-electron chi connectivity index (χ2n) is 4.49. The molecule has 2 unspecified atom stereocenters. The van der Waals surface area contributed by atoms with Gasteiger partial charge in [0.05, 0.1) is 6.10 Å². The Balaban J connectivity index is 1.91. The maximum Gasteiger partial charge on any atom is 0.157 e. The molecule has 1 aliphatic rings. The summed E-state index contributed by atoms with van der Waals surface area (Å²) in [6, 6.07) is 0. The van der Waals surface area contributed by atoms with E-state index in [4.69, 9.17) is 17.3 Å². The lowest BCUT2D eigenvalue weighted by Crippen LogP contribution is -2.25. The van der Waals surface area contributed by atoms with E-state index in [0.29, 0.717) is 17.4 Å². The largest absolute Gasteiger partial charge is 0.393 e. The second-order valence-corrected chi connectivity index (χ2v) is 4.85. The highest BCUT2D eigenvalue weighted by atomic mass is 35.5. The minimum absolute atomic E-state index is 0.165. The Hall–Kier alpha value is -1.07. The molecule has 0 bridgehead atoms. The lowest BCUT2D eigenvalue weighted by Gasteiger charge is -2.26. The van der Waals surface area contributed by atoms with Crippen LogP contribution in [0, 0.1) is 5.92 Å². The van der Waals surface area contributed by atoms with Crippen LogP contribution in [0.5, 0.6) is 0 Å². The van der Waals surface area contributed by atoms with Gasteiger partial charge in [-0.05, 0) is 25.2 Å². The number of hydrogen-bond donors (Lipinski definition) is 3. The molecule has 0 amide bonds. The molecular formula is C11H17ClN4O. The van der Waals surface area contributed by atoms with Crippen molar-refractivity contribution in [1.29, 1.82) is 0 Å². The first-order chi connectivity index (χ1) is 8.16. The molecule has 5 nitrogen and oxygen atoms in total. The Kier molecular flexibility index (Phi) is 4.02. The molecule has 1 aromatic heterocycles. The average Bonchev–Trinajstić information content (AvgIpc) is 2.31. The Bertz CT molecular complexity index is 388. The van der Waals surface area contributed by atoms with E-state index in [0.717, 1.165) is 32.2 Å². The molecule has 0 aromatic carbocycles. The number of nitrogens with zero attached hydrogens (tertiary/aromatic N) is 2. The first-order valence-corrected chi connectivity index (χ1v) is 6.22. The van der Waals surface area contributed by atoms with Gasteiger partial charge in [0.25, 0.3) is 0 Å². The Labute approximate surface area is 105 Å². The molecule has 1 aliphatic carbocycles. The van der Waals surface area contributed by atoms with Gasteiger partial charge in [-0.1, -0.05) is 18.0 Å². The Morgan fingerprint density at radius 1 is 1.47 bits per heavy atom. The third-order valence-corrected chi connectivity index (χ3v) is 3.45. The number of hydrogen-bond acceptors (Lipinski definition) is 5. The molecule has 0 spiro atoms. The zero-order valence-electron chi connectivity index (χ0n) is 9.56. The fourth-order valence-electron chi connectivity index (χ4n) is 2.20. The summed E-state index contributed by atoms with van der Waals surface area (Å²) in [5, 5.41) is 13.0. The molecule has 17 heavy (non-hydrogen) atoms. The van der Waals surface area contributed by atoms with Crippen LogP contribution < -0.4 is 11.1 Å². The van der Waals surface area contributed by atoms with Gasteiger partial charge in [-0.25, -0.2) is 9.97 Å². The van der Waals surface area contributed by atoms with Gasteiger partial charge in [-0.2, -0.15) is 0 Å². The number of anilines is 2. The maximum atomic E-state index is 9.58. The van der Waals surface area contributed by atoms with Crippen molar-refractivity contribution in [3.05, 3.63) is 11.5 Å². The Morgan fingerprint density at radius 3 is 3.06 bits per heavy atom. The summed E-state index contributed by atoms with van der Waals surface area (Å²) in [6.45, 7) is 0.759. The fraction of sp³-hybridized carbons (Fsp3) is 0.636. The molecule has 1 heterocycles. The van der Waals surface area contributed by atoms with Gasteiger partial charge >= 0.3 is 0 Å². The fourth-order valence-corrected chi connectivity index (χ4v) is 2.34. The lowest BCUT2D eigenvalue weighted by molar-refractivity contribution is 0.104. The average molecular weight is 257 g/mol. The van der Waals surface area contributed by atoms with Crippen LogP contribution in [0.15, 0.2) is 6.33 Å². The van der Waals surface area contributed by atoms with Crippen LogP contribution in [0.2, 0.25) is 5.15 Å². The predicted molar refractivity (Wildman–Crippen MR) is 67.9 cm³/mol. The molecule has 1 aromatic rings. The normalized spacial score (nSPS) is 24.6. The summed E-state index contributed by atoms with van der Waals surface area (Å²) < 4.78 is 0. The summed E-state index contributed by atoms with van der Waals surface area (Å²) in [5.41, 5.74) is 6.14. The zero-order chi connectivity index (χ0) is 12.3. The second kappa shape index (κ2) is 5.51. The van der Waals surface area contributed by atoms with Crippen molar-refractivity contribution in [1.82, 2.24) is 9.97 Å². The number of nitrogens with two attached hydrogens (primary N) is 1. The first-order valence-electron chi connectivity index (χ1n) is 5.84. The molecule has 4 N–H and O–H groups in total. The highest BCUT2D eigenvalue weighted by Crippen LogP contribution is 2.26. The molecule has 0 aliphatic heterocycles. The highest BCUT2D eigenvalue weighted by Gasteiger charge is 2.20. The predicted octanol–water partition coefficient (Wildman–Crippen LogP) is 1.68. The number of aromatic nitrogens is 2. The van der Waals surface area contributed by atoms with Gasteiger partial charge in [0, 0.05) is 6.54 Å². The van der Waals surface area contributed by atoms with Crippen LogP contribution in [0.3, 0.4) is 0 Å². The van der Waals surface area contributed by atoms with E-state index in [2.05, 4.69) is 15.3 Å². The van der Waals surface area contributed by atoms with Crippen molar-refractivity contribution in [2.45, 2.75) is 31.8 Å². The molecule has 2 rings (SSSR count). The van der Waals surface area contributed by atoms with Crippen molar-refractivity contribution < 1.29 is 5.11 Å². The molecule has 2 atom stereocenters. The standard InChI is InChI=1S/C11H17ClN4O/c12-10-9(13)11(16-6-15-10)14-5-7-2-1-3-8(17)4-7/h6-8,17H,1-5,13H2,(H,14,15,16). The smallest absolute Gasteiger partial charge is 0.157 e. The minimum Gasteiger partial charge on any atom is -0.393 e. The zero-order valence-corrected chi connectivity index (χ0v) is 10.3. The van der Waals surface area contributed by atoms with Gasteiger partial charge in [-0.3, -0.25) is 0 Å². The highest BCUT2D eigenvalue weighted by molar-refractivity contribution is 6.32. The van der Waals surface area contributed by atoms with Crippen molar-refractivity contribution in [2.75, 3.05) is 17.6 Å². The number of aliphatic hydroxyl groups is 1. The van der Waals surface area contributed by atoms with E-state index in [-0.39, 0.29) is 11.3 Å². The summed E-state index contributed by atoms with van der Waals surface area (Å²) in [5.74, 6) is 1.04. The monoisotopic (exact) mass is 256 g/mol. The lowest BCUT2D eigenvalue weighted by atomic mass is 9.87. The third-order valence-electron chi connectivity index (χ3n) is 3.15. The summed E-state index contributed by atoms with van der Waals surface area (Å²) in [6.07, 6.45) is 5.18. The third kappa shape index (κ3) is 3.20. The van der Waals surface area contributed by atoms with E-state index in [1.54, 1.807) is 0 Å². The topological polar surface area (TPSA) is 84.1 Å². The van der Waals surface area contributed by atoms with Gasteiger partial charge in [0.1, 0.15) is 12.0 Å². The summed E-state index contributed by atoms with van der Waals surface area (Å²) in [7, 11) is 0. The van der Waals surface area contributed by atoms with Crippen LogP contribution in [0.1, 0.15) is 25.7 Å². The maximum absolute atomic E-state index is 9.58. The molecule has 1 fully saturated rings. The Morgan fingerprint density at radius 2 is 2.29 bits per heavy atom.